The van der Waals surface area contributed by atoms with Gasteiger partial charge in [0.25, 0.3) is 0 Å². The summed E-state index contributed by atoms with van der Waals surface area (Å²) in [5, 5.41) is 8.57. The average molecular weight is 279 g/mol. The van der Waals surface area contributed by atoms with Crippen LogP contribution >= 0.6 is 15.9 Å². The van der Waals surface area contributed by atoms with Crippen LogP contribution in [0.5, 0.6) is 0 Å². The smallest absolute Gasteiger partial charge is 0.179 e. The van der Waals surface area contributed by atoms with Crippen molar-refractivity contribution in [2.75, 3.05) is 12.4 Å². The summed E-state index contributed by atoms with van der Waals surface area (Å²) in [6.45, 7) is -0.107. The van der Waals surface area contributed by atoms with Crippen molar-refractivity contribution in [1.29, 1.82) is 0 Å². The molecule has 0 aliphatic rings. The van der Waals surface area contributed by atoms with Gasteiger partial charge in [-0.25, -0.2) is 8.42 Å². The SMILES string of the molecule is O=S(=O)(CCCO)c1ccccc1Br. The number of rotatable bonds is 4. The van der Waals surface area contributed by atoms with E-state index in [0.717, 1.165) is 0 Å². The Labute approximate surface area is 91.8 Å². The van der Waals surface area contributed by atoms with Gasteiger partial charge in [-0.15, -0.1) is 0 Å². The molecule has 0 atom stereocenters. The van der Waals surface area contributed by atoms with E-state index >= 15 is 0 Å². The molecule has 1 rings (SSSR count). The zero-order valence-electron chi connectivity index (χ0n) is 7.48. The first kappa shape index (κ1) is 11.7. The zero-order valence-corrected chi connectivity index (χ0v) is 9.88. The molecule has 0 aliphatic carbocycles. The van der Waals surface area contributed by atoms with E-state index in [0.29, 0.717) is 4.47 Å². The van der Waals surface area contributed by atoms with Crippen LogP contribution in [0.2, 0.25) is 0 Å². The van der Waals surface area contributed by atoms with Gasteiger partial charge in [0, 0.05) is 11.1 Å². The molecule has 0 fully saturated rings. The van der Waals surface area contributed by atoms with E-state index in [9.17, 15) is 8.42 Å². The van der Waals surface area contributed by atoms with E-state index in [1.165, 1.54) is 0 Å². The molecular formula is C9H11BrO3S. The highest BCUT2D eigenvalue weighted by molar-refractivity contribution is 9.10. The van der Waals surface area contributed by atoms with Gasteiger partial charge >= 0.3 is 0 Å². The van der Waals surface area contributed by atoms with Gasteiger partial charge in [-0.1, -0.05) is 12.1 Å². The lowest BCUT2D eigenvalue weighted by molar-refractivity contribution is 0.295. The van der Waals surface area contributed by atoms with Crippen LogP contribution in [0.25, 0.3) is 0 Å². The number of hydrogen-bond acceptors (Lipinski definition) is 3. The standard InChI is InChI=1S/C9H11BrO3S/c10-8-4-1-2-5-9(8)14(12,13)7-3-6-11/h1-2,4-5,11H,3,6-7H2. The Morgan fingerprint density at radius 3 is 2.50 bits per heavy atom. The number of aliphatic hydroxyl groups is 1. The minimum Gasteiger partial charge on any atom is -0.396 e. The normalized spacial score (nSPS) is 11.6. The third-order valence-corrected chi connectivity index (χ3v) is 4.55. The molecule has 0 amide bonds. The summed E-state index contributed by atoms with van der Waals surface area (Å²) in [4.78, 5) is 0.286. The molecule has 1 aromatic carbocycles. The second-order valence-electron chi connectivity index (χ2n) is 2.83. The van der Waals surface area contributed by atoms with Gasteiger partial charge in [-0.05, 0) is 34.5 Å². The predicted molar refractivity (Wildman–Crippen MR) is 57.9 cm³/mol. The molecule has 0 aliphatic heterocycles. The Bertz CT molecular complexity index is 400. The average Bonchev–Trinajstić information content (AvgIpc) is 2.15. The summed E-state index contributed by atoms with van der Waals surface area (Å²) >= 11 is 3.18. The molecule has 0 heterocycles. The van der Waals surface area contributed by atoms with Crippen LogP contribution < -0.4 is 0 Å². The van der Waals surface area contributed by atoms with Crippen LogP contribution in [0.3, 0.4) is 0 Å². The Morgan fingerprint density at radius 2 is 1.93 bits per heavy atom. The van der Waals surface area contributed by atoms with Gasteiger partial charge in [0.1, 0.15) is 0 Å². The van der Waals surface area contributed by atoms with Crippen LogP contribution in [0.15, 0.2) is 33.6 Å². The molecule has 3 nitrogen and oxygen atoms in total. The van der Waals surface area contributed by atoms with Gasteiger partial charge in [0.15, 0.2) is 9.84 Å². The molecule has 0 spiro atoms. The fourth-order valence-corrected chi connectivity index (χ4v) is 3.47. The van der Waals surface area contributed by atoms with Crippen molar-refractivity contribution in [3.05, 3.63) is 28.7 Å². The third-order valence-electron chi connectivity index (χ3n) is 1.74. The molecule has 5 heteroatoms. The van der Waals surface area contributed by atoms with Gasteiger partial charge in [0.2, 0.25) is 0 Å². The molecule has 0 bridgehead atoms. The van der Waals surface area contributed by atoms with Crippen molar-refractivity contribution in [3.63, 3.8) is 0 Å². The number of benzene rings is 1. The summed E-state index contributed by atoms with van der Waals surface area (Å²) in [6.07, 6.45) is 0.268. The zero-order chi connectivity index (χ0) is 10.6. The maximum Gasteiger partial charge on any atom is 0.179 e. The molecule has 0 saturated heterocycles. The molecule has 0 aromatic heterocycles. The Kier molecular flexibility index (Phi) is 4.10. The van der Waals surface area contributed by atoms with Crippen LogP contribution in [0, 0.1) is 0 Å². The molecule has 0 radical (unpaired) electrons. The second kappa shape index (κ2) is 4.91. The summed E-state index contributed by atoms with van der Waals surface area (Å²) < 4.78 is 23.9. The van der Waals surface area contributed by atoms with E-state index in [1.54, 1.807) is 24.3 Å². The molecule has 1 aromatic rings. The van der Waals surface area contributed by atoms with Gasteiger partial charge in [0.05, 0.1) is 10.6 Å². The topological polar surface area (TPSA) is 54.4 Å². The molecule has 0 unspecified atom stereocenters. The van der Waals surface area contributed by atoms with Crippen LogP contribution in [0.1, 0.15) is 6.42 Å². The van der Waals surface area contributed by atoms with Crippen LogP contribution in [-0.2, 0) is 9.84 Å². The largest absolute Gasteiger partial charge is 0.396 e. The molecule has 78 valence electrons. The molecular weight excluding hydrogens is 268 g/mol. The van der Waals surface area contributed by atoms with Crippen molar-refractivity contribution in [1.82, 2.24) is 0 Å². The maximum atomic E-state index is 11.7. The second-order valence-corrected chi connectivity index (χ2v) is 5.76. The van der Waals surface area contributed by atoms with E-state index in [1.807, 2.05) is 0 Å². The van der Waals surface area contributed by atoms with Crippen molar-refractivity contribution in [3.8, 4) is 0 Å². The summed E-state index contributed by atoms with van der Waals surface area (Å²) in [7, 11) is -3.26. The van der Waals surface area contributed by atoms with Gasteiger partial charge < -0.3 is 5.11 Å². The minimum absolute atomic E-state index is 0.0217. The number of hydrogen-bond donors (Lipinski definition) is 1. The molecule has 0 saturated carbocycles. The van der Waals surface area contributed by atoms with E-state index in [2.05, 4.69) is 15.9 Å². The first-order valence-corrected chi connectivity index (χ1v) is 6.60. The predicted octanol–water partition coefficient (Wildman–Crippen LogP) is 1.61. The van der Waals surface area contributed by atoms with Crippen molar-refractivity contribution in [2.24, 2.45) is 0 Å². The highest BCUT2D eigenvalue weighted by atomic mass is 79.9. The lowest BCUT2D eigenvalue weighted by Crippen LogP contribution is -2.08. The molecule has 14 heavy (non-hydrogen) atoms. The van der Waals surface area contributed by atoms with Crippen molar-refractivity contribution in [2.45, 2.75) is 11.3 Å². The Morgan fingerprint density at radius 1 is 1.29 bits per heavy atom. The Balaban J connectivity index is 2.99. The highest BCUT2D eigenvalue weighted by Crippen LogP contribution is 2.22. The first-order valence-electron chi connectivity index (χ1n) is 4.16. The fourth-order valence-electron chi connectivity index (χ4n) is 1.06. The quantitative estimate of drug-likeness (QED) is 0.911. The lowest BCUT2D eigenvalue weighted by Gasteiger charge is -2.04. The Hall–Kier alpha value is -0.390. The van der Waals surface area contributed by atoms with Crippen molar-refractivity contribution < 1.29 is 13.5 Å². The summed E-state index contributed by atoms with van der Waals surface area (Å²) in [6, 6.07) is 6.67. The fraction of sp³-hybridized carbons (Fsp3) is 0.333. The van der Waals surface area contributed by atoms with E-state index < -0.39 is 9.84 Å². The summed E-state index contributed by atoms with van der Waals surface area (Å²) in [5.41, 5.74) is 0. The minimum atomic E-state index is -3.26. The lowest BCUT2D eigenvalue weighted by atomic mass is 10.4. The maximum absolute atomic E-state index is 11.7. The van der Waals surface area contributed by atoms with Crippen LogP contribution in [-0.4, -0.2) is 25.9 Å². The number of halogens is 1. The monoisotopic (exact) mass is 278 g/mol. The van der Waals surface area contributed by atoms with E-state index in [-0.39, 0.29) is 23.7 Å². The first-order chi connectivity index (χ1) is 6.58. The van der Waals surface area contributed by atoms with Crippen molar-refractivity contribution >= 4 is 25.8 Å². The number of sulfone groups is 1. The number of aliphatic hydroxyl groups excluding tert-OH is 1. The third kappa shape index (κ3) is 2.80. The van der Waals surface area contributed by atoms with Gasteiger partial charge in [-0.3, -0.25) is 0 Å². The summed E-state index contributed by atoms with van der Waals surface area (Å²) in [5.74, 6) is -0.0217. The van der Waals surface area contributed by atoms with E-state index in [4.69, 9.17) is 5.11 Å². The van der Waals surface area contributed by atoms with Crippen LogP contribution in [0.4, 0.5) is 0 Å². The molecule has 1 N–H and O–H groups in total. The highest BCUT2D eigenvalue weighted by Gasteiger charge is 2.16. The van der Waals surface area contributed by atoms with Gasteiger partial charge in [-0.2, -0.15) is 0 Å².